The molecule has 0 unspecified atom stereocenters. The third-order valence-electron chi connectivity index (χ3n) is 1.91. The van der Waals surface area contributed by atoms with Crippen molar-refractivity contribution in [3.8, 4) is 0 Å². The molecule has 0 aromatic carbocycles. The van der Waals surface area contributed by atoms with E-state index in [0.717, 1.165) is 22.9 Å². The van der Waals surface area contributed by atoms with Crippen molar-refractivity contribution in [3.05, 3.63) is 28.0 Å². The highest BCUT2D eigenvalue weighted by Crippen LogP contribution is 2.09. The maximum atomic E-state index is 4.38. The van der Waals surface area contributed by atoms with Gasteiger partial charge in [-0.05, 0) is 14.0 Å². The second-order valence-corrected chi connectivity index (χ2v) is 4.26. The zero-order chi connectivity index (χ0) is 10.7. The third-order valence-corrected chi connectivity index (χ3v) is 2.86. The van der Waals surface area contributed by atoms with Crippen LogP contribution < -0.4 is 5.32 Å². The van der Waals surface area contributed by atoms with Gasteiger partial charge in [-0.1, -0.05) is 5.21 Å². The minimum atomic E-state index is 0.704. The molecule has 0 radical (unpaired) electrons. The van der Waals surface area contributed by atoms with E-state index in [1.165, 1.54) is 0 Å². The summed E-state index contributed by atoms with van der Waals surface area (Å²) >= 11 is 1.65. The van der Waals surface area contributed by atoms with E-state index in [1.807, 2.05) is 30.2 Å². The molecule has 0 aliphatic heterocycles. The maximum absolute atomic E-state index is 4.38. The number of aromatic nitrogens is 4. The molecule has 2 aromatic rings. The van der Waals surface area contributed by atoms with Crippen LogP contribution >= 0.6 is 11.3 Å². The molecule has 1 N–H and O–H groups in total. The van der Waals surface area contributed by atoms with Crippen molar-refractivity contribution in [1.29, 1.82) is 0 Å². The highest BCUT2D eigenvalue weighted by Gasteiger charge is 2.03. The van der Waals surface area contributed by atoms with Gasteiger partial charge < -0.3 is 5.32 Å². The SMILES string of the molecule is CNCc1cn(Cc2nc(C)cs2)nn1. The molecule has 0 bridgehead atoms. The molecule has 0 fully saturated rings. The lowest BCUT2D eigenvalue weighted by molar-refractivity contribution is 0.645. The van der Waals surface area contributed by atoms with Crippen LogP contribution in [0.15, 0.2) is 11.6 Å². The Labute approximate surface area is 92.2 Å². The Morgan fingerprint density at radius 1 is 1.53 bits per heavy atom. The first-order chi connectivity index (χ1) is 7.28. The minimum absolute atomic E-state index is 0.704. The van der Waals surface area contributed by atoms with Crippen LogP contribution in [0.2, 0.25) is 0 Å². The highest BCUT2D eigenvalue weighted by molar-refractivity contribution is 7.09. The first-order valence-corrected chi connectivity index (χ1v) is 5.60. The molecule has 6 heteroatoms. The summed E-state index contributed by atoms with van der Waals surface area (Å²) in [6.07, 6.45) is 1.94. The summed E-state index contributed by atoms with van der Waals surface area (Å²) in [5, 5.41) is 14.2. The summed E-state index contributed by atoms with van der Waals surface area (Å²) < 4.78 is 1.81. The van der Waals surface area contributed by atoms with Crippen LogP contribution in [0.5, 0.6) is 0 Å². The van der Waals surface area contributed by atoms with Crippen molar-refractivity contribution in [2.45, 2.75) is 20.0 Å². The van der Waals surface area contributed by atoms with Gasteiger partial charge >= 0.3 is 0 Å². The summed E-state index contributed by atoms with van der Waals surface area (Å²) in [4.78, 5) is 4.38. The van der Waals surface area contributed by atoms with Crippen molar-refractivity contribution in [2.24, 2.45) is 0 Å². The number of hydrogen-bond donors (Lipinski definition) is 1. The summed E-state index contributed by atoms with van der Waals surface area (Å²) in [7, 11) is 1.89. The molecule has 15 heavy (non-hydrogen) atoms. The fourth-order valence-corrected chi connectivity index (χ4v) is 2.05. The average molecular weight is 223 g/mol. The summed E-state index contributed by atoms with van der Waals surface area (Å²) in [6, 6.07) is 0. The van der Waals surface area contributed by atoms with Crippen LogP contribution in [-0.4, -0.2) is 27.0 Å². The second-order valence-electron chi connectivity index (χ2n) is 3.32. The molecule has 0 spiro atoms. The number of hydrogen-bond acceptors (Lipinski definition) is 5. The van der Waals surface area contributed by atoms with Crippen LogP contribution in [-0.2, 0) is 13.1 Å². The van der Waals surface area contributed by atoms with Gasteiger partial charge in [-0.15, -0.1) is 16.4 Å². The van der Waals surface area contributed by atoms with Gasteiger partial charge in [-0.25, -0.2) is 9.67 Å². The monoisotopic (exact) mass is 223 g/mol. The van der Waals surface area contributed by atoms with Gasteiger partial charge in [-0.3, -0.25) is 0 Å². The topological polar surface area (TPSA) is 55.6 Å². The average Bonchev–Trinajstić information content (AvgIpc) is 2.78. The van der Waals surface area contributed by atoms with Gasteiger partial charge in [0.1, 0.15) is 5.01 Å². The number of nitrogens with zero attached hydrogens (tertiary/aromatic N) is 4. The van der Waals surface area contributed by atoms with E-state index in [-0.39, 0.29) is 0 Å². The molecule has 0 atom stereocenters. The number of rotatable bonds is 4. The fraction of sp³-hybridized carbons (Fsp3) is 0.444. The van der Waals surface area contributed by atoms with E-state index in [1.54, 1.807) is 11.3 Å². The quantitative estimate of drug-likeness (QED) is 0.833. The molecule has 0 saturated carbocycles. The lowest BCUT2D eigenvalue weighted by atomic mass is 10.5. The van der Waals surface area contributed by atoms with Gasteiger partial charge in [0.15, 0.2) is 0 Å². The van der Waals surface area contributed by atoms with Crippen LogP contribution in [0, 0.1) is 6.92 Å². The van der Waals surface area contributed by atoms with Crippen LogP contribution in [0.4, 0.5) is 0 Å². The molecule has 0 saturated heterocycles. The normalized spacial score (nSPS) is 10.8. The van der Waals surface area contributed by atoms with E-state index in [9.17, 15) is 0 Å². The van der Waals surface area contributed by atoms with Gasteiger partial charge in [0.25, 0.3) is 0 Å². The Morgan fingerprint density at radius 3 is 3.07 bits per heavy atom. The van der Waals surface area contributed by atoms with Crippen molar-refractivity contribution in [3.63, 3.8) is 0 Å². The largest absolute Gasteiger partial charge is 0.314 e. The van der Waals surface area contributed by atoms with E-state index >= 15 is 0 Å². The van der Waals surface area contributed by atoms with Crippen molar-refractivity contribution < 1.29 is 0 Å². The lowest BCUT2D eigenvalue weighted by Crippen LogP contribution is -2.05. The molecule has 2 heterocycles. The van der Waals surface area contributed by atoms with E-state index in [4.69, 9.17) is 0 Å². The van der Waals surface area contributed by atoms with E-state index < -0.39 is 0 Å². The lowest BCUT2D eigenvalue weighted by Gasteiger charge is -1.94. The molecule has 2 aromatic heterocycles. The van der Waals surface area contributed by atoms with Gasteiger partial charge in [0, 0.05) is 17.6 Å². The highest BCUT2D eigenvalue weighted by atomic mass is 32.1. The zero-order valence-corrected chi connectivity index (χ0v) is 9.58. The predicted octanol–water partition coefficient (Wildman–Crippen LogP) is 0.811. The molecular weight excluding hydrogens is 210 g/mol. The van der Waals surface area contributed by atoms with Gasteiger partial charge in [-0.2, -0.15) is 0 Å². The van der Waals surface area contributed by atoms with Gasteiger partial charge in [0.2, 0.25) is 0 Å². The molecule has 80 valence electrons. The van der Waals surface area contributed by atoms with Crippen LogP contribution in [0.25, 0.3) is 0 Å². The summed E-state index contributed by atoms with van der Waals surface area (Å²) in [5.41, 5.74) is 2.01. The fourth-order valence-electron chi connectivity index (χ4n) is 1.29. The second kappa shape index (κ2) is 4.50. The minimum Gasteiger partial charge on any atom is -0.314 e. The Hall–Kier alpha value is -1.27. The molecule has 0 aliphatic carbocycles. The van der Waals surface area contributed by atoms with Crippen molar-refractivity contribution in [2.75, 3.05) is 7.05 Å². The number of nitrogens with one attached hydrogen (secondary N) is 1. The zero-order valence-electron chi connectivity index (χ0n) is 8.77. The summed E-state index contributed by atoms with van der Waals surface area (Å²) in [6.45, 7) is 3.44. The Balaban J connectivity index is 2.04. The predicted molar refractivity (Wildman–Crippen MR) is 58.7 cm³/mol. The smallest absolute Gasteiger partial charge is 0.114 e. The Bertz CT molecular complexity index is 433. The Kier molecular flexibility index (Phi) is 3.08. The number of aryl methyl sites for hydroxylation is 1. The molecule has 0 aliphatic rings. The van der Waals surface area contributed by atoms with E-state index in [2.05, 4.69) is 20.6 Å². The van der Waals surface area contributed by atoms with Crippen molar-refractivity contribution in [1.82, 2.24) is 25.3 Å². The third kappa shape index (κ3) is 2.60. The molecule has 5 nitrogen and oxygen atoms in total. The van der Waals surface area contributed by atoms with E-state index in [0.29, 0.717) is 6.54 Å². The van der Waals surface area contributed by atoms with Gasteiger partial charge in [0.05, 0.1) is 18.4 Å². The number of thiazole rings is 1. The first kappa shape index (κ1) is 10.3. The Morgan fingerprint density at radius 2 is 2.40 bits per heavy atom. The van der Waals surface area contributed by atoms with Crippen LogP contribution in [0.3, 0.4) is 0 Å². The first-order valence-electron chi connectivity index (χ1n) is 4.72. The molecule has 0 amide bonds. The van der Waals surface area contributed by atoms with Crippen LogP contribution in [0.1, 0.15) is 16.4 Å². The molecule has 2 rings (SSSR count). The summed E-state index contributed by atoms with van der Waals surface area (Å²) in [5.74, 6) is 0. The standard InChI is InChI=1S/C9H13N5S/c1-7-6-15-9(11-7)5-14-4-8(3-10-2)12-13-14/h4,6,10H,3,5H2,1-2H3. The maximum Gasteiger partial charge on any atom is 0.114 e. The molecular formula is C9H13N5S. The van der Waals surface area contributed by atoms with Crippen molar-refractivity contribution >= 4 is 11.3 Å².